The summed E-state index contributed by atoms with van der Waals surface area (Å²) < 4.78 is 139. The predicted octanol–water partition coefficient (Wildman–Crippen LogP) is 19.6. The van der Waals surface area contributed by atoms with Crippen LogP contribution in [0.1, 0.15) is 119 Å². The third-order valence-electron chi connectivity index (χ3n) is 19.2. The van der Waals surface area contributed by atoms with Crippen LogP contribution in [0, 0.1) is 12.7 Å². The van der Waals surface area contributed by atoms with E-state index in [-0.39, 0.29) is 54.1 Å². The summed E-state index contributed by atoms with van der Waals surface area (Å²) in [5.41, 5.74) is -2.02. The molecule has 0 aliphatic carbocycles. The molecule has 0 fully saturated rings. The number of para-hydroxylation sites is 1. The van der Waals surface area contributed by atoms with Gasteiger partial charge in [-0.15, -0.1) is 0 Å². The molecule has 12 aromatic rings. The molecule has 0 bridgehead atoms. The number of fused-ring (bicyclic) bond motifs is 3. The van der Waals surface area contributed by atoms with Crippen molar-refractivity contribution in [3.63, 3.8) is 0 Å². The van der Waals surface area contributed by atoms with Gasteiger partial charge in [0.25, 0.3) is 17.7 Å². The topological polar surface area (TPSA) is 238 Å². The molecule has 19 nitrogen and oxygen atoms in total. The third kappa shape index (κ3) is 15.3. The van der Waals surface area contributed by atoms with Crippen LogP contribution in [0.2, 0.25) is 0 Å². The second-order valence-electron chi connectivity index (χ2n) is 27.7. The summed E-state index contributed by atoms with van der Waals surface area (Å²) in [5, 5.41) is 7.39. The number of carbonyl (C=O) groups is 6. The largest absolute Gasteiger partial charge is 0.417 e. The first-order valence-electron chi connectivity index (χ1n) is 34.6. The van der Waals surface area contributed by atoms with Crippen LogP contribution in [-0.2, 0) is 49.2 Å². The zero-order chi connectivity index (χ0) is 80.9. The molecule has 578 valence electrons. The van der Waals surface area contributed by atoms with E-state index in [2.05, 4.69) is 50.8 Å². The van der Waals surface area contributed by atoms with Gasteiger partial charge in [-0.25, -0.2) is 54.0 Å². The van der Waals surface area contributed by atoms with E-state index in [0.717, 1.165) is 30.3 Å². The average molecular weight is 1560 g/mol. The van der Waals surface area contributed by atoms with E-state index in [1.54, 1.807) is 163 Å². The van der Waals surface area contributed by atoms with Gasteiger partial charge in [0.1, 0.15) is 23.3 Å². The highest BCUT2D eigenvalue weighted by molar-refractivity contribution is 6.16. The molecule has 3 N–H and O–H groups in total. The number of aryl methyl sites for hydroxylation is 1. The van der Waals surface area contributed by atoms with Crippen molar-refractivity contribution in [3.8, 4) is 33.4 Å². The second kappa shape index (κ2) is 30.9. The highest BCUT2D eigenvalue weighted by atomic mass is 19.4. The van der Waals surface area contributed by atoms with Crippen molar-refractivity contribution in [1.82, 2.24) is 34.9 Å². The first-order valence-corrected chi connectivity index (χ1v) is 34.6. The SMILES string of the molecule is C.CC1(C)C(=O)N(c2ncccn2)c2cccc(-c3ccc(C(F)(F)F)c(C(=O)Nc4ccccc4)c3)c21.CC1(C)C(=O)N(c2ncccn2)c2cccc(-c3ccc(C(F)(F)F)c(C(=O)Nc4ccccn4)c3)c21.Cc1cc(NC(=O)c2cc(-c3ccnc4c3C(C)(C)C(=O)N4c3ccccn3)ccc2C(F)(F)F)ccc1F. The lowest BCUT2D eigenvalue weighted by molar-refractivity contribution is -0.138. The minimum absolute atomic E-state index is 0. The summed E-state index contributed by atoms with van der Waals surface area (Å²) in [4.78, 5) is 113. The number of aromatic nitrogens is 7. The number of alkyl halides is 9. The van der Waals surface area contributed by atoms with E-state index in [9.17, 15) is 72.7 Å². The lowest BCUT2D eigenvalue weighted by atomic mass is 9.81. The number of carbonyl (C=O) groups excluding carboxylic acids is 6. The Balaban J connectivity index is 0.000000158. The summed E-state index contributed by atoms with van der Waals surface area (Å²) >= 11 is 0. The van der Waals surface area contributed by atoms with Gasteiger partial charge in [0, 0.05) is 60.3 Å². The van der Waals surface area contributed by atoms with Crippen molar-refractivity contribution in [1.29, 1.82) is 0 Å². The Morgan fingerprint density at radius 3 is 1.20 bits per heavy atom. The van der Waals surface area contributed by atoms with Gasteiger partial charge in [-0.1, -0.05) is 80.2 Å². The molecule has 0 atom stereocenters. The monoisotopic (exact) mass is 1560 g/mol. The number of benzene rings is 7. The van der Waals surface area contributed by atoms with E-state index in [0.29, 0.717) is 78.8 Å². The van der Waals surface area contributed by atoms with Crippen molar-refractivity contribution in [2.75, 3.05) is 30.7 Å². The standard InChI is InChI=1S/C29H22F4N4O2.C28H21F3N4O2.C27H20F3N5O2.CH4/c1-16-14-18(8-10-22(16)30)36-26(38)20-15-17(7-9-21(20)29(31,32)33)19-11-13-35-25-24(19)28(2,3)27(39)37(25)23-6-4-5-12-34-23;1-27(2)23-19(10-6-11-22(23)35(25(27)37)26-32-14-7-15-33-26)17-12-13-21(28(29,30)31)20(16-17)24(36)34-18-8-4-3-5-9-18;1-26(2)22-17(7-5-8-20(22)35(24(26)37)25-32-13-6-14-33-25)16-10-11-19(27(28,29)30)18(15-16)23(36)34-21-9-3-4-12-31-21;/h4-15H,1-3H3,(H,36,38);3-16H,1-2H3,(H,34,36);3-15H,1-2H3,(H,31,34,36);1H4. The van der Waals surface area contributed by atoms with Crippen molar-refractivity contribution in [2.45, 2.75) is 90.7 Å². The van der Waals surface area contributed by atoms with Crippen LogP contribution in [-0.4, -0.2) is 70.3 Å². The smallest absolute Gasteiger partial charge is 0.322 e. The molecule has 3 aliphatic heterocycles. The Morgan fingerprint density at radius 1 is 0.368 bits per heavy atom. The number of nitrogens with zero attached hydrogens (tertiary/aromatic N) is 10. The molecule has 0 saturated heterocycles. The summed E-state index contributed by atoms with van der Waals surface area (Å²) in [6.07, 6.45) is -3.80. The highest BCUT2D eigenvalue weighted by Gasteiger charge is 2.51. The molecule has 0 saturated carbocycles. The summed E-state index contributed by atoms with van der Waals surface area (Å²) in [6, 6.07) is 47.1. The quantitative estimate of drug-likeness (QED) is 0.0966. The van der Waals surface area contributed by atoms with Crippen LogP contribution < -0.4 is 30.7 Å². The van der Waals surface area contributed by atoms with E-state index >= 15 is 0 Å². The van der Waals surface area contributed by atoms with Crippen LogP contribution in [0.3, 0.4) is 0 Å². The predicted molar refractivity (Wildman–Crippen MR) is 410 cm³/mol. The molecule has 5 aromatic heterocycles. The molecule has 6 amide bonds. The van der Waals surface area contributed by atoms with Crippen molar-refractivity contribution >= 4 is 87.5 Å². The van der Waals surface area contributed by atoms with Crippen molar-refractivity contribution < 1.29 is 72.7 Å². The lowest BCUT2D eigenvalue weighted by Gasteiger charge is -2.21. The molecule has 114 heavy (non-hydrogen) atoms. The van der Waals surface area contributed by atoms with Gasteiger partial charge in [0.15, 0.2) is 0 Å². The number of nitrogens with one attached hydrogen (secondary N) is 3. The van der Waals surface area contributed by atoms with Crippen LogP contribution in [0.15, 0.2) is 238 Å². The van der Waals surface area contributed by atoms with Crippen molar-refractivity contribution in [2.24, 2.45) is 0 Å². The lowest BCUT2D eigenvalue weighted by Crippen LogP contribution is -2.34. The van der Waals surface area contributed by atoms with Crippen molar-refractivity contribution in [3.05, 3.63) is 299 Å². The third-order valence-corrected chi connectivity index (χ3v) is 19.2. The normalized spacial score (nSPS) is 14.3. The van der Waals surface area contributed by atoms with Gasteiger partial charge in [-0.2, -0.15) is 39.5 Å². The summed E-state index contributed by atoms with van der Waals surface area (Å²) in [6.45, 7) is 11.8. The Morgan fingerprint density at radius 2 is 0.772 bits per heavy atom. The van der Waals surface area contributed by atoms with Gasteiger partial charge in [0.05, 0.1) is 61.0 Å². The van der Waals surface area contributed by atoms with E-state index in [1.807, 2.05) is 0 Å². The number of rotatable bonds is 12. The highest BCUT2D eigenvalue weighted by Crippen LogP contribution is 2.53. The molecule has 0 radical (unpaired) electrons. The number of amides is 6. The zero-order valence-corrected chi connectivity index (χ0v) is 60.7. The molecule has 8 heterocycles. The average Bonchev–Trinajstić information content (AvgIpc) is 1.58. The first-order chi connectivity index (χ1) is 53.6. The molecule has 29 heteroatoms. The Hall–Kier alpha value is -13.7. The maximum atomic E-state index is 13.9. The Bertz CT molecular complexity index is 5510. The van der Waals surface area contributed by atoms with Gasteiger partial charge >= 0.3 is 18.5 Å². The van der Waals surface area contributed by atoms with Crippen LogP contribution in [0.5, 0.6) is 0 Å². The first kappa shape index (κ1) is 79.8. The molecular formula is C85H67F10N13O6. The number of pyridine rings is 3. The van der Waals surface area contributed by atoms with Gasteiger partial charge < -0.3 is 16.0 Å². The van der Waals surface area contributed by atoms with E-state index < -0.39 is 91.7 Å². The number of halogens is 10. The van der Waals surface area contributed by atoms with Crippen LogP contribution in [0.4, 0.5) is 96.0 Å². The summed E-state index contributed by atoms with van der Waals surface area (Å²) in [7, 11) is 0. The Labute approximate surface area is 645 Å². The minimum atomic E-state index is -4.81. The number of hydrogen-bond donors (Lipinski definition) is 3. The molecule has 3 aliphatic rings. The number of hydrogen-bond acceptors (Lipinski definition) is 13. The van der Waals surface area contributed by atoms with E-state index in [4.69, 9.17) is 0 Å². The fourth-order valence-electron chi connectivity index (χ4n) is 13.8. The second-order valence-corrected chi connectivity index (χ2v) is 27.7. The van der Waals surface area contributed by atoms with Gasteiger partial charge in [-0.05, 0) is 220 Å². The maximum absolute atomic E-state index is 13.9. The fourth-order valence-corrected chi connectivity index (χ4v) is 13.8. The van der Waals surface area contributed by atoms with Gasteiger partial charge in [0.2, 0.25) is 29.6 Å². The molecule has 0 unspecified atom stereocenters. The molecule has 15 rings (SSSR count). The molecule has 0 spiro atoms. The summed E-state index contributed by atoms with van der Waals surface area (Å²) in [5.74, 6) is -3.00. The number of anilines is 9. The Kier molecular flexibility index (Phi) is 21.6. The molecule has 7 aromatic carbocycles. The van der Waals surface area contributed by atoms with Gasteiger partial charge in [-0.3, -0.25) is 28.8 Å². The maximum Gasteiger partial charge on any atom is 0.417 e. The minimum Gasteiger partial charge on any atom is -0.322 e. The zero-order valence-electron chi connectivity index (χ0n) is 60.7. The fraction of sp³-hybridized carbons (Fsp3) is 0.165. The molecular weight excluding hydrogens is 1490 g/mol. The van der Waals surface area contributed by atoms with Crippen LogP contribution >= 0.6 is 0 Å². The van der Waals surface area contributed by atoms with Crippen LogP contribution in [0.25, 0.3) is 33.4 Å². The van der Waals surface area contributed by atoms with E-state index in [1.165, 1.54) is 107 Å².